The average Bonchev–Trinajstić information content (AvgIpc) is 2.33. The molecule has 0 aromatic carbocycles. The first-order valence-corrected chi connectivity index (χ1v) is 3.62. The molecule has 0 bridgehead atoms. The van der Waals surface area contributed by atoms with Gasteiger partial charge in [-0.3, -0.25) is 0 Å². The van der Waals surface area contributed by atoms with Gasteiger partial charge in [-0.2, -0.15) is 0 Å². The van der Waals surface area contributed by atoms with Gasteiger partial charge in [-0.25, -0.2) is 0 Å². The van der Waals surface area contributed by atoms with Crippen LogP contribution in [0.1, 0.15) is 12.8 Å². The molecule has 1 rings (SSSR count). The summed E-state index contributed by atoms with van der Waals surface area (Å²) in [6, 6.07) is 0. The van der Waals surface area contributed by atoms with Crippen LogP contribution in [0.25, 0.3) is 0 Å². The van der Waals surface area contributed by atoms with Gasteiger partial charge in [0.2, 0.25) is 0 Å². The number of ether oxygens (including phenoxy) is 2. The maximum absolute atomic E-state index is 5.94. The van der Waals surface area contributed by atoms with Crippen molar-refractivity contribution in [3.05, 3.63) is 0 Å². The van der Waals surface area contributed by atoms with Gasteiger partial charge in [0.05, 0.1) is 6.61 Å². The second-order valence-electron chi connectivity index (χ2n) is 2.91. The number of rotatable bonds is 3. The van der Waals surface area contributed by atoms with E-state index in [-0.39, 0.29) is 5.54 Å². The Morgan fingerprint density at radius 3 is 3.00 bits per heavy atom. The van der Waals surface area contributed by atoms with E-state index in [2.05, 4.69) is 0 Å². The highest BCUT2D eigenvalue weighted by molar-refractivity contribution is 4.87. The lowest BCUT2D eigenvalue weighted by atomic mass is 9.97. The molecule has 0 spiro atoms. The largest absolute Gasteiger partial charge is 0.385 e. The van der Waals surface area contributed by atoms with E-state index < -0.39 is 0 Å². The van der Waals surface area contributed by atoms with Crippen molar-refractivity contribution >= 4 is 0 Å². The molecule has 2 N–H and O–H groups in total. The van der Waals surface area contributed by atoms with Gasteiger partial charge in [-0.15, -0.1) is 0 Å². The number of nitrogens with two attached hydrogens (primary N) is 1. The Kier molecular flexibility index (Phi) is 2.65. The molecule has 60 valence electrons. The van der Waals surface area contributed by atoms with Gasteiger partial charge in [0.1, 0.15) is 0 Å². The number of hydrogen-bond acceptors (Lipinski definition) is 3. The summed E-state index contributed by atoms with van der Waals surface area (Å²) in [7, 11) is 1.69. The molecule has 0 aromatic heterocycles. The Morgan fingerprint density at radius 1 is 1.70 bits per heavy atom. The highest BCUT2D eigenvalue weighted by atomic mass is 16.5. The Bertz CT molecular complexity index is 99.8. The van der Waals surface area contributed by atoms with Gasteiger partial charge in [0, 0.05) is 25.9 Å². The third kappa shape index (κ3) is 1.94. The minimum Gasteiger partial charge on any atom is -0.385 e. The number of methoxy groups -OCH3 is 1. The summed E-state index contributed by atoms with van der Waals surface area (Å²) in [5.74, 6) is 0. The Balaban J connectivity index is 2.22. The first-order valence-electron chi connectivity index (χ1n) is 3.62. The summed E-state index contributed by atoms with van der Waals surface area (Å²) < 4.78 is 10.1. The van der Waals surface area contributed by atoms with Crippen LogP contribution in [0.5, 0.6) is 0 Å². The SMILES string of the molecule is COCC[C@@]1(N)CCOC1. The van der Waals surface area contributed by atoms with Gasteiger partial charge in [-0.05, 0) is 12.8 Å². The molecule has 0 aromatic rings. The molecule has 1 fully saturated rings. The lowest BCUT2D eigenvalue weighted by Crippen LogP contribution is -2.41. The van der Waals surface area contributed by atoms with Crippen LogP contribution in [0.2, 0.25) is 0 Å². The van der Waals surface area contributed by atoms with Crippen molar-refractivity contribution in [2.75, 3.05) is 26.9 Å². The Morgan fingerprint density at radius 2 is 2.50 bits per heavy atom. The third-order valence-corrected chi connectivity index (χ3v) is 1.94. The molecule has 3 heteroatoms. The molecule has 0 radical (unpaired) electrons. The van der Waals surface area contributed by atoms with E-state index in [0.717, 1.165) is 26.1 Å². The third-order valence-electron chi connectivity index (χ3n) is 1.94. The van der Waals surface area contributed by atoms with E-state index in [1.807, 2.05) is 0 Å². The van der Waals surface area contributed by atoms with Crippen molar-refractivity contribution in [1.82, 2.24) is 0 Å². The lowest BCUT2D eigenvalue weighted by Gasteiger charge is -2.20. The maximum Gasteiger partial charge on any atom is 0.0647 e. The molecule has 10 heavy (non-hydrogen) atoms. The zero-order chi connectivity index (χ0) is 7.45. The van der Waals surface area contributed by atoms with Gasteiger partial charge < -0.3 is 15.2 Å². The monoisotopic (exact) mass is 145 g/mol. The first-order chi connectivity index (χ1) is 4.77. The van der Waals surface area contributed by atoms with Crippen LogP contribution in [-0.2, 0) is 9.47 Å². The Labute approximate surface area is 61.5 Å². The minimum absolute atomic E-state index is 0.101. The summed E-state index contributed by atoms with van der Waals surface area (Å²) in [6.07, 6.45) is 1.87. The van der Waals surface area contributed by atoms with Gasteiger partial charge in [0.15, 0.2) is 0 Å². The van der Waals surface area contributed by atoms with Crippen LogP contribution >= 0.6 is 0 Å². The van der Waals surface area contributed by atoms with E-state index >= 15 is 0 Å². The maximum atomic E-state index is 5.94. The van der Waals surface area contributed by atoms with E-state index in [0.29, 0.717) is 6.61 Å². The molecule has 0 amide bonds. The standard InChI is InChI=1S/C7H15NO2/c1-9-4-2-7(8)3-5-10-6-7/h2-6,8H2,1H3/t7-/m1/s1. The fourth-order valence-corrected chi connectivity index (χ4v) is 1.13. The van der Waals surface area contributed by atoms with E-state index in [4.69, 9.17) is 15.2 Å². The molecule has 0 saturated carbocycles. The van der Waals surface area contributed by atoms with Crippen LogP contribution in [0.3, 0.4) is 0 Å². The summed E-state index contributed by atoms with van der Waals surface area (Å²) >= 11 is 0. The van der Waals surface area contributed by atoms with Crippen molar-refractivity contribution < 1.29 is 9.47 Å². The van der Waals surface area contributed by atoms with Crippen molar-refractivity contribution in [3.8, 4) is 0 Å². The van der Waals surface area contributed by atoms with Crippen LogP contribution in [0, 0.1) is 0 Å². The topological polar surface area (TPSA) is 44.5 Å². The van der Waals surface area contributed by atoms with Crippen LogP contribution < -0.4 is 5.73 Å². The second kappa shape index (κ2) is 3.32. The summed E-state index contributed by atoms with van der Waals surface area (Å²) in [6.45, 7) is 2.23. The zero-order valence-electron chi connectivity index (χ0n) is 6.43. The van der Waals surface area contributed by atoms with Gasteiger partial charge in [-0.1, -0.05) is 0 Å². The van der Waals surface area contributed by atoms with Crippen LogP contribution in [-0.4, -0.2) is 32.5 Å². The average molecular weight is 145 g/mol. The van der Waals surface area contributed by atoms with Crippen molar-refractivity contribution in [3.63, 3.8) is 0 Å². The predicted octanol–water partition coefficient (Wildman–Crippen LogP) is 0.141. The summed E-state index contributed by atoms with van der Waals surface area (Å²) in [5.41, 5.74) is 5.84. The van der Waals surface area contributed by atoms with Crippen molar-refractivity contribution in [2.24, 2.45) is 5.73 Å². The van der Waals surface area contributed by atoms with Gasteiger partial charge in [0.25, 0.3) is 0 Å². The highest BCUT2D eigenvalue weighted by Crippen LogP contribution is 2.18. The molecule has 1 saturated heterocycles. The van der Waals surface area contributed by atoms with Crippen molar-refractivity contribution in [2.45, 2.75) is 18.4 Å². The van der Waals surface area contributed by atoms with Crippen molar-refractivity contribution in [1.29, 1.82) is 0 Å². The lowest BCUT2D eigenvalue weighted by molar-refractivity contribution is 0.143. The van der Waals surface area contributed by atoms with Crippen LogP contribution in [0.15, 0.2) is 0 Å². The molecule has 1 aliphatic rings. The molecule has 1 aliphatic heterocycles. The molecular weight excluding hydrogens is 130 g/mol. The highest BCUT2D eigenvalue weighted by Gasteiger charge is 2.29. The van der Waals surface area contributed by atoms with Gasteiger partial charge >= 0.3 is 0 Å². The zero-order valence-corrected chi connectivity index (χ0v) is 6.43. The summed E-state index contributed by atoms with van der Waals surface area (Å²) in [4.78, 5) is 0. The minimum atomic E-state index is -0.101. The van der Waals surface area contributed by atoms with E-state index in [1.54, 1.807) is 7.11 Å². The second-order valence-corrected chi connectivity index (χ2v) is 2.91. The van der Waals surface area contributed by atoms with E-state index in [1.165, 1.54) is 0 Å². The molecule has 1 heterocycles. The number of hydrogen-bond donors (Lipinski definition) is 1. The fraction of sp³-hybridized carbons (Fsp3) is 1.00. The Hall–Kier alpha value is -0.120. The molecule has 0 unspecified atom stereocenters. The fourth-order valence-electron chi connectivity index (χ4n) is 1.13. The normalized spacial score (nSPS) is 33.0. The first kappa shape index (κ1) is 7.98. The van der Waals surface area contributed by atoms with E-state index in [9.17, 15) is 0 Å². The molecule has 1 atom stereocenters. The molecule has 3 nitrogen and oxygen atoms in total. The smallest absolute Gasteiger partial charge is 0.0647 e. The summed E-state index contributed by atoms with van der Waals surface area (Å²) in [5, 5.41) is 0. The molecular formula is C7H15NO2. The van der Waals surface area contributed by atoms with Crippen LogP contribution in [0.4, 0.5) is 0 Å². The molecule has 0 aliphatic carbocycles. The quantitative estimate of drug-likeness (QED) is 0.614. The predicted molar refractivity (Wildman–Crippen MR) is 38.8 cm³/mol.